The van der Waals surface area contributed by atoms with Crippen molar-refractivity contribution in [3.63, 3.8) is 0 Å². The Morgan fingerprint density at radius 1 is 1.41 bits per heavy atom. The summed E-state index contributed by atoms with van der Waals surface area (Å²) in [6.07, 6.45) is 2.71. The number of hydrogen-bond donors (Lipinski definition) is 1. The van der Waals surface area contributed by atoms with Gasteiger partial charge in [0.15, 0.2) is 0 Å². The van der Waals surface area contributed by atoms with Gasteiger partial charge in [-0.05, 0) is 30.5 Å². The third kappa shape index (κ3) is 3.53. The second-order valence-electron chi connectivity index (χ2n) is 4.45. The minimum Gasteiger partial charge on any atom is -0.355 e. The number of benzene rings is 1. The van der Waals surface area contributed by atoms with Gasteiger partial charge in [-0.25, -0.2) is 4.39 Å². The van der Waals surface area contributed by atoms with E-state index in [0.29, 0.717) is 6.04 Å². The van der Waals surface area contributed by atoms with Gasteiger partial charge in [-0.3, -0.25) is 4.79 Å². The van der Waals surface area contributed by atoms with Crippen molar-refractivity contribution in [2.24, 2.45) is 0 Å². The van der Waals surface area contributed by atoms with Crippen molar-refractivity contribution in [2.45, 2.75) is 18.9 Å². The first-order valence-electron chi connectivity index (χ1n) is 5.94. The van der Waals surface area contributed by atoms with E-state index in [4.69, 9.17) is 0 Å². The Hall–Kier alpha value is -1.42. The molecular weight excluding hydrogens is 219 g/mol. The molecule has 4 heteroatoms. The van der Waals surface area contributed by atoms with Gasteiger partial charge in [-0.15, -0.1) is 0 Å². The number of rotatable bonds is 5. The summed E-state index contributed by atoms with van der Waals surface area (Å²) in [4.78, 5) is 12.6. The number of halogens is 1. The van der Waals surface area contributed by atoms with Crippen LogP contribution in [-0.2, 0) is 11.2 Å². The van der Waals surface area contributed by atoms with E-state index in [2.05, 4.69) is 10.2 Å². The largest absolute Gasteiger partial charge is 0.355 e. The lowest BCUT2D eigenvalue weighted by Gasteiger charge is -2.15. The predicted octanol–water partition coefficient (Wildman–Crippen LogP) is 1.19. The molecule has 1 saturated heterocycles. The van der Waals surface area contributed by atoms with Gasteiger partial charge in [0.05, 0.1) is 0 Å². The standard InChI is InChI=1S/C13H17FN2O/c14-12-3-1-11(2-4-12)5-7-16-8-6-13(9-16)15-10-17/h1-4,10,13H,5-9H2,(H,15,17). The summed E-state index contributed by atoms with van der Waals surface area (Å²) < 4.78 is 12.7. The lowest BCUT2D eigenvalue weighted by molar-refractivity contribution is -0.110. The first kappa shape index (κ1) is 12.0. The normalized spacial score (nSPS) is 20.4. The highest BCUT2D eigenvalue weighted by atomic mass is 19.1. The van der Waals surface area contributed by atoms with Crippen molar-refractivity contribution in [3.05, 3.63) is 35.6 Å². The summed E-state index contributed by atoms with van der Waals surface area (Å²) in [5.41, 5.74) is 1.15. The van der Waals surface area contributed by atoms with Crippen molar-refractivity contribution in [1.82, 2.24) is 10.2 Å². The minimum atomic E-state index is -0.190. The van der Waals surface area contributed by atoms with Crippen molar-refractivity contribution in [1.29, 1.82) is 0 Å². The first-order chi connectivity index (χ1) is 8.28. The Morgan fingerprint density at radius 2 is 2.18 bits per heavy atom. The smallest absolute Gasteiger partial charge is 0.207 e. The predicted molar refractivity (Wildman–Crippen MR) is 64.1 cm³/mol. The summed E-state index contributed by atoms with van der Waals surface area (Å²) in [6.45, 7) is 2.90. The molecule has 0 radical (unpaired) electrons. The molecular formula is C13H17FN2O. The molecule has 1 aliphatic heterocycles. The summed E-state index contributed by atoms with van der Waals surface area (Å²) in [5, 5.41) is 2.81. The maximum atomic E-state index is 12.7. The zero-order chi connectivity index (χ0) is 12.1. The zero-order valence-corrected chi connectivity index (χ0v) is 9.73. The lowest BCUT2D eigenvalue weighted by atomic mass is 10.1. The summed E-state index contributed by atoms with van der Waals surface area (Å²) >= 11 is 0. The number of carbonyl (C=O) groups is 1. The van der Waals surface area contributed by atoms with E-state index in [1.807, 2.05) is 12.1 Å². The van der Waals surface area contributed by atoms with Crippen molar-refractivity contribution < 1.29 is 9.18 Å². The van der Waals surface area contributed by atoms with Crippen LogP contribution in [0.2, 0.25) is 0 Å². The quantitative estimate of drug-likeness (QED) is 0.779. The highest BCUT2D eigenvalue weighted by molar-refractivity contribution is 5.46. The van der Waals surface area contributed by atoms with Crippen LogP contribution in [0.3, 0.4) is 0 Å². The van der Waals surface area contributed by atoms with Crippen LogP contribution in [0.25, 0.3) is 0 Å². The Morgan fingerprint density at radius 3 is 2.88 bits per heavy atom. The molecule has 1 heterocycles. The molecule has 0 aromatic heterocycles. The van der Waals surface area contributed by atoms with E-state index in [0.717, 1.165) is 44.4 Å². The molecule has 1 unspecified atom stereocenters. The summed E-state index contributed by atoms with van der Waals surface area (Å²) in [6, 6.07) is 6.94. The van der Waals surface area contributed by atoms with Gasteiger partial charge in [-0.1, -0.05) is 12.1 Å². The van der Waals surface area contributed by atoms with Crippen LogP contribution in [0.4, 0.5) is 4.39 Å². The van der Waals surface area contributed by atoms with Gasteiger partial charge in [-0.2, -0.15) is 0 Å². The van der Waals surface area contributed by atoms with E-state index >= 15 is 0 Å². The number of hydrogen-bond acceptors (Lipinski definition) is 2. The highest BCUT2D eigenvalue weighted by Gasteiger charge is 2.20. The van der Waals surface area contributed by atoms with Crippen LogP contribution in [0.1, 0.15) is 12.0 Å². The maximum absolute atomic E-state index is 12.7. The van der Waals surface area contributed by atoms with Crippen LogP contribution < -0.4 is 5.32 Å². The van der Waals surface area contributed by atoms with Crippen LogP contribution in [-0.4, -0.2) is 37.0 Å². The van der Waals surface area contributed by atoms with E-state index in [1.165, 1.54) is 12.1 Å². The molecule has 1 amide bonds. The fourth-order valence-corrected chi connectivity index (χ4v) is 2.21. The van der Waals surface area contributed by atoms with Crippen LogP contribution in [0, 0.1) is 5.82 Å². The molecule has 1 atom stereocenters. The molecule has 92 valence electrons. The molecule has 0 saturated carbocycles. The number of carbonyl (C=O) groups excluding carboxylic acids is 1. The fourth-order valence-electron chi connectivity index (χ4n) is 2.21. The Balaban J connectivity index is 1.75. The molecule has 17 heavy (non-hydrogen) atoms. The summed E-state index contributed by atoms with van der Waals surface area (Å²) in [7, 11) is 0. The zero-order valence-electron chi connectivity index (χ0n) is 9.73. The van der Waals surface area contributed by atoms with Crippen molar-refractivity contribution in [3.8, 4) is 0 Å². The first-order valence-corrected chi connectivity index (χ1v) is 5.94. The minimum absolute atomic E-state index is 0.190. The number of amides is 1. The van der Waals surface area contributed by atoms with Gasteiger partial charge in [0, 0.05) is 25.7 Å². The Labute approximate surface area is 101 Å². The second-order valence-corrected chi connectivity index (χ2v) is 4.45. The molecule has 1 aromatic rings. The van der Waals surface area contributed by atoms with Gasteiger partial charge in [0.25, 0.3) is 0 Å². The Kier molecular flexibility index (Phi) is 4.09. The molecule has 1 fully saturated rings. The molecule has 0 aliphatic carbocycles. The van der Waals surface area contributed by atoms with Crippen LogP contribution in [0.5, 0.6) is 0 Å². The van der Waals surface area contributed by atoms with Gasteiger partial charge < -0.3 is 10.2 Å². The third-order valence-corrected chi connectivity index (χ3v) is 3.21. The van der Waals surface area contributed by atoms with Gasteiger partial charge >= 0.3 is 0 Å². The van der Waals surface area contributed by atoms with E-state index in [-0.39, 0.29) is 5.82 Å². The van der Waals surface area contributed by atoms with Crippen LogP contribution >= 0.6 is 0 Å². The maximum Gasteiger partial charge on any atom is 0.207 e. The van der Waals surface area contributed by atoms with Crippen molar-refractivity contribution in [2.75, 3.05) is 19.6 Å². The fraction of sp³-hybridized carbons (Fsp3) is 0.462. The number of nitrogens with zero attached hydrogens (tertiary/aromatic N) is 1. The Bertz CT molecular complexity index is 366. The van der Waals surface area contributed by atoms with E-state index in [1.54, 1.807) is 0 Å². The van der Waals surface area contributed by atoms with Crippen molar-refractivity contribution >= 4 is 6.41 Å². The van der Waals surface area contributed by atoms with Gasteiger partial charge in [0.1, 0.15) is 5.82 Å². The van der Waals surface area contributed by atoms with Crippen LogP contribution in [0.15, 0.2) is 24.3 Å². The molecule has 2 rings (SSSR count). The molecule has 3 nitrogen and oxygen atoms in total. The molecule has 0 bridgehead atoms. The number of likely N-dealkylation sites (tertiary alicyclic amines) is 1. The molecule has 1 N–H and O–H groups in total. The SMILES string of the molecule is O=CNC1CCN(CCc2ccc(F)cc2)C1. The third-order valence-electron chi connectivity index (χ3n) is 3.21. The topological polar surface area (TPSA) is 32.3 Å². The van der Waals surface area contributed by atoms with E-state index < -0.39 is 0 Å². The molecule has 0 spiro atoms. The second kappa shape index (κ2) is 5.77. The number of nitrogens with one attached hydrogen (secondary N) is 1. The lowest BCUT2D eigenvalue weighted by Crippen LogP contribution is -2.32. The van der Waals surface area contributed by atoms with E-state index in [9.17, 15) is 9.18 Å². The molecule has 1 aromatic carbocycles. The monoisotopic (exact) mass is 236 g/mol. The average molecular weight is 236 g/mol. The molecule has 1 aliphatic rings. The van der Waals surface area contributed by atoms with Gasteiger partial charge in [0.2, 0.25) is 6.41 Å². The average Bonchev–Trinajstić information content (AvgIpc) is 2.77. The highest BCUT2D eigenvalue weighted by Crippen LogP contribution is 2.10. The summed E-state index contributed by atoms with van der Waals surface area (Å²) in [5.74, 6) is -0.190.